The number of allylic oxidation sites excluding steroid dienone is 1. The molecule has 3 heterocycles. The Morgan fingerprint density at radius 1 is 1.48 bits per heavy atom. The predicted molar refractivity (Wildman–Crippen MR) is 81.3 cm³/mol. The number of esters is 1. The second-order valence-electron chi connectivity index (χ2n) is 5.95. The number of epoxide rings is 1. The summed E-state index contributed by atoms with van der Waals surface area (Å²) < 4.78 is 22.6. The fraction of sp³-hybridized carbons (Fsp3) is 0.500. The highest BCUT2D eigenvalue weighted by molar-refractivity contribution is 5.70. The third-order valence-electron chi connectivity index (χ3n) is 3.66. The van der Waals surface area contributed by atoms with Gasteiger partial charge in [-0.05, 0) is 30.8 Å². The van der Waals surface area contributed by atoms with E-state index in [1.165, 1.54) is 6.26 Å². The average Bonchev–Trinajstić information content (AvgIpc) is 3.12. The van der Waals surface area contributed by atoms with Crippen molar-refractivity contribution >= 4 is 5.97 Å². The van der Waals surface area contributed by atoms with Crippen molar-refractivity contribution in [2.24, 2.45) is 5.92 Å². The van der Waals surface area contributed by atoms with Crippen LogP contribution in [0.3, 0.4) is 0 Å². The van der Waals surface area contributed by atoms with Gasteiger partial charge in [-0.2, -0.15) is 0 Å². The summed E-state index contributed by atoms with van der Waals surface area (Å²) >= 11 is 0. The van der Waals surface area contributed by atoms with E-state index in [4.69, 9.17) is 18.9 Å². The van der Waals surface area contributed by atoms with E-state index < -0.39 is 11.9 Å². The van der Waals surface area contributed by atoms with Gasteiger partial charge in [-0.25, -0.2) is 0 Å². The van der Waals surface area contributed by atoms with Crippen molar-refractivity contribution in [2.75, 3.05) is 0 Å². The van der Waals surface area contributed by atoms with E-state index in [1.807, 2.05) is 13.8 Å². The first-order valence-electron chi connectivity index (χ1n) is 7.57. The molecule has 1 spiro atoms. The van der Waals surface area contributed by atoms with Crippen LogP contribution in [0.2, 0.25) is 0 Å². The lowest BCUT2D eigenvalue weighted by molar-refractivity contribution is -0.228. The summed E-state index contributed by atoms with van der Waals surface area (Å²) in [6.07, 6.45) is 4.01. The summed E-state index contributed by atoms with van der Waals surface area (Å²) in [7, 11) is 0. The van der Waals surface area contributed by atoms with Crippen LogP contribution in [0.1, 0.15) is 27.2 Å². The zero-order chi connectivity index (χ0) is 16.4. The molecule has 5 heteroatoms. The van der Waals surface area contributed by atoms with Gasteiger partial charge in [0.25, 0.3) is 0 Å². The highest BCUT2D eigenvalue weighted by Crippen LogP contribution is 2.53. The fourth-order valence-electron chi connectivity index (χ4n) is 2.63. The predicted octanol–water partition coefficient (Wildman–Crippen LogP) is 1.89. The van der Waals surface area contributed by atoms with Gasteiger partial charge in [-0.3, -0.25) is 4.79 Å². The smallest absolute Gasteiger partial charge is 0.321 e. The standard InChI is InChI=1S/C18H18O5/c1-4-5-6-7-8-13-16-17(22-16)18(23-13)14(9-10-20-18)21-15(19)11-12(2)3/h8-10,12,14,16-17H,11H2,1-3H3/b13-8-/t14-,16-,17-,18-/m0/s1. The largest absolute Gasteiger partial charge is 0.454 e. The van der Waals surface area contributed by atoms with Gasteiger partial charge in [-0.1, -0.05) is 25.7 Å². The zero-order valence-electron chi connectivity index (χ0n) is 13.3. The van der Waals surface area contributed by atoms with Crippen molar-refractivity contribution in [3.05, 3.63) is 24.2 Å². The molecule has 0 saturated carbocycles. The molecule has 3 aliphatic rings. The highest BCUT2D eigenvalue weighted by atomic mass is 16.8. The first kappa shape index (κ1) is 15.5. The molecule has 120 valence electrons. The van der Waals surface area contributed by atoms with Crippen LogP contribution < -0.4 is 0 Å². The number of carbonyl (C=O) groups is 1. The van der Waals surface area contributed by atoms with Gasteiger partial charge in [0, 0.05) is 12.5 Å². The Morgan fingerprint density at radius 2 is 2.30 bits per heavy atom. The first-order valence-corrected chi connectivity index (χ1v) is 7.57. The van der Waals surface area contributed by atoms with Crippen LogP contribution in [0.15, 0.2) is 24.2 Å². The van der Waals surface area contributed by atoms with E-state index in [1.54, 1.807) is 19.1 Å². The summed E-state index contributed by atoms with van der Waals surface area (Å²) in [5, 5.41) is 0. The molecular formula is C18H18O5. The third-order valence-corrected chi connectivity index (χ3v) is 3.66. The Bertz CT molecular complexity index is 682. The number of fused-ring (bicyclic) bond motifs is 2. The maximum absolute atomic E-state index is 11.9. The number of carbonyl (C=O) groups excluding carboxylic acids is 1. The van der Waals surface area contributed by atoms with Crippen molar-refractivity contribution < 1.29 is 23.7 Å². The summed E-state index contributed by atoms with van der Waals surface area (Å²) in [5.74, 6) is 10.2. The monoisotopic (exact) mass is 314 g/mol. The second kappa shape index (κ2) is 6.02. The molecule has 4 atom stereocenters. The number of rotatable bonds is 3. The molecule has 0 aromatic rings. The molecule has 0 aliphatic carbocycles. The van der Waals surface area contributed by atoms with E-state index >= 15 is 0 Å². The molecule has 23 heavy (non-hydrogen) atoms. The van der Waals surface area contributed by atoms with Gasteiger partial charge in [0.1, 0.15) is 5.76 Å². The minimum absolute atomic E-state index is 0.204. The Kier molecular flexibility index (Phi) is 4.07. The van der Waals surface area contributed by atoms with Crippen LogP contribution >= 0.6 is 0 Å². The van der Waals surface area contributed by atoms with Gasteiger partial charge in [0.2, 0.25) is 6.10 Å². The van der Waals surface area contributed by atoms with Crippen molar-refractivity contribution in [3.63, 3.8) is 0 Å². The van der Waals surface area contributed by atoms with Gasteiger partial charge >= 0.3 is 11.8 Å². The summed E-state index contributed by atoms with van der Waals surface area (Å²) in [5.41, 5.74) is 0. The van der Waals surface area contributed by atoms with Gasteiger partial charge in [0.15, 0.2) is 12.2 Å². The van der Waals surface area contributed by atoms with E-state index in [-0.39, 0.29) is 24.1 Å². The lowest BCUT2D eigenvalue weighted by atomic mass is 10.1. The average molecular weight is 314 g/mol. The van der Waals surface area contributed by atoms with E-state index in [0.717, 1.165) is 0 Å². The molecule has 0 unspecified atom stereocenters. The lowest BCUT2D eigenvalue weighted by Crippen LogP contribution is -2.47. The van der Waals surface area contributed by atoms with Gasteiger partial charge in [0.05, 0.1) is 6.26 Å². The van der Waals surface area contributed by atoms with Crippen LogP contribution in [0.25, 0.3) is 0 Å². The molecule has 2 fully saturated rings. The Labute approximate surface area is 135 Å². The van der Waals surface area contributed by atoms with Crippen LogP contribution in [0, 0.1) is 29.6 Å². The Balaban J connectivity index is 1.71. The number of hydrogen-bond donors (Lipinski definition) is 0. The van der Waals surface area contributed by atoms with Crippen LogP contribution in [-0.2, 0) is 23.7 Å². The quantitative estimate of drug-likeness (QED) is 0.452. The molecule has 5 nitrogen and oxygen atoms in total. The highest BCUT2D eigenvalue weighted by Gasteiger charge is 2.72. The summed E-state index contributed by atoms with van der Waals surface area (Å²) in [6.45, 7) is 5.64. The normalized spacial score (nSPS) is 34.1. The molecule has 0 aromatic heterocycles. The molecule has 0 N–H and O–H groups in total. The fourth-order valence-corrected chi connectivity index (χ4v) is 2.63. The molecule has 3 rings (SSSR count). The van der Waals surface area contributed by atoms with E-state index in [9.17, 15) is 4.79 Å². The summed E-state index contributed by atoms with van der Waals surface area (Å²) in [6, 6.07) is 0. The SMILES string of the molecule is CC#CC#C/C=C1\O[C@]2(OC=C[C@@H]2OC(=O)CC(C)C)[C@H]2O[C@@H]12. The number of hydrogen-bond acceptors (Lipinski definition) is 5. The number of ether oxygens (including phenoxy) is 4. The van der Waals surface area contributed by atoms with Crippen LogP contribution in [-0.4, -0.2) is 30.1 Å². The van der Waals surface area contributed by atoms with Crippen molar-refractivity contribution in [1.82, 2.24) is 0 Å². The molecule has 0 amide bonds. The Morgan fingerprint density at radius 3 is 3.04 bits per heavy atom. The minimum atomic E-state index is -1.12. The lowest BCUT2D eigenvalue weighted by Gasteiger charge is -2.30. The van der Waals surface area contributed by atoms with Gasteiger partial charge in [-0.15, -0.1) is 0 Å². The molecule has 0 bridgehead atoms. The van der Waals surface area contributed by atoms with E-state index in [0.29, 0.717) is 12.2 Å². The van der Waals surface area contributed by atoms with Crippen molar-refractivity contribution in [3.8, 4) is 23.7 Å². The van der Waals surface area contributed by atoms with Crippen molar-refractivity contribution in [2.45, 2.75) is 51.3 Å². The molecule has 3 aliphatic heterocycles. The zero-order valence-corrected chi connectivity index (χ0v) is 13.3. The van der Waals surface area contributed by atoms with Crippen molar-refractivity contribution in [1.29, 1.82) is 0 Å². The van der Waals surface area contributed by atoms with Crippen LogP contribution in [0.4, 0.5) is 0 Å². The van der Waals surface area contributed by atoms with Crippen LogP contribution in [0.5, 0.6) is 0 Å². The topological polar surface area (TPSA) is 57.3 Å². The maximum Gasteiger partial charge on any atom is 0.321 e. The molecule has 0 radical (unpaired) electrons. The molecule has 2 saturated heterocycles. The van der Waals surface area contributed by atoms with Gasteiger partial charge < -0.3 is 18.9 Å². The molecular weight excluding hydrogens is 296 g/mol. The van der Waals surface area contributed by atoms with E-state index in [2.05, 4.69) is 23.7 Å². The summed E-state index contributed by atoms with van der Waals surface area (Å²) in [4.78, 5) is 11.9. The first-order chi connectivity index (χ1) is 11.1. The maximum atomic E-state index is 11.9. The third kappa shape index (κ3) is 2.93. The minimum Gasteiger partial charge on any atom is -0.454 e. The molecule has 0 aromatic carbocycles. The Hall–Kier alpha value is -2.37. The second-order valence-corrected chi connectivity index (χ2v) is 5.95.